The Morgan fingerprint density at radius 2 is 1.88 bits per heavy atom. The molecule has 0 unspecified atom stereocenters. The van der Waals surface area contributed by atoms with Crippen molar-refractivity contribution in [3.8, 4) is 5.75 Å². The van der Waals surface area contributed by atoms with Gasteiger partial charge in [-0.05, 0) is 54.5 Å². The molecule has 2 aromatic rings. The molecule has 2 N–H and O–H groups in total. The van der Waals surface area contributed by atoms with Gasteiger partial charge in [0.15, 0.2) is 5.11 Å². The van der Waals surface area contributed by atoms with Crippen molar-refractivity contribution in [1.29, 1.82) is 0 Å². The third-order valence-electron chi connectivity index (χ3n) is 3.19. The van der Waals surface area contributed by atoms with Crippen LogP contribution < -0.4 is 15.5 Å². The van der Waals surface area contributed by atoms with Crippen LogP contribution in [-0.4, -0.2) is 17.9 Å². The van der Waals surface area contributed by atoms with Crippen LogP contribution in [0.4, 0.5) is 0 Å². The van der Waals surface area contributed by atoms with E-state index in [1.54, 1.807) is 12.3 Å². The standard InChI is InChI=1S/C19H21N3OS/c1-3-12-20-19(24)22-21-13-16-8-10-18(11-9-16)23-14-17-6-4-15(2)5-7-17/h3-11,13H,1,12,14H2,2H3,(H2,20,22,24)/b21-13+. The quantitative estimate of drug-likeness (QED) is 0.350. The lowest BCUT2D eigenvalue weighted by molar-refractivity contribution is 0.306. The van der Waals surface area contributed by atoms with Crippen LogP contribution in [0.1, 0.15) is 16.7 Å². The van der Waals surface area contributed by atoms with Crippen molar-refractivity contribution in [3.63, 3.8) is 0 Å². The zero-order valence-electron chi connectivity index (χ0n) is 13.7. The molecule has 0 aliphatic rings. The van der Waals surface area contributed by atoms with Crippen molar-refractivity contribution in [1.82, 2.24) is 10.7 Å². The van der Waals surface area contributed by atoms with Crippen LogP contribution in [0, 0.1) is 6.92 Å². The molecule has 0 aromatic heterocycles. The third-order valence-corrected chi connectivity index (χ3v) is 3.43. The van der Waals surface area contributed by atoms with Gasteiger partial charge in [0.2, 0.25) is 0 Å². The van der Waals surface area contributed by atoms with Crippen LogP contribution in [0.5, 0.6) is 5.75 Å². The second kappa shape index (κ2) is 9.47. The van der Waals surface area contributed by atoms with E-state index in [2.05, 4.69) is 53.6 Å². The molecule has 0 fully saturated rings. The summed E-state index contributed by atoms with van der Waals surface area (Å²) in [6, 6.07) is 16.0. The molecule has 0 saturated heterocycles. The maximum Gasteiger partial charge on any atom is 0.187 e. The molecule has 4 nitrogen and oxygen atoms in total. The van der Waals surface area contributed by atoms with Gasteiger partial charge in [-0.1, -0.05) is 35.9 Å². The Hall–Kier alpha value is -2.66. The average Bonchev–Trinajstić information content (AvgIpc) is 2.60. The minimum absolute atomic E-state index is 0.462. The lowest BCUT2D eigenvalue weighted by Gasteiger charge is -2.07. The van der Waals surface area contributed by atoms with E-state index in [9.17, 15) is 0 Å². The van der Waals surface area contributed by atoms with Crippen LogP contribution in [0.2, 0.25) is 0 Å². The number of nitrogens with zero attached hydrogens (tertiary/aromatic N) is 1. The van der Waals surface area contributed by atoms with Crippen molar-refractivity contribution in [2.75, 3.05) is 6.54 Å². The van der Waals surface area contributed by atoms with E-state index in [-0.39, 0.29) is 0 Å². The van der Waals surface area contributed by atoms with Crippen molar-refractivity contribution in [3.05, 3.63) is 77.9 Å². The molecule has 0 saturated carbocycles. The predicted octanol–water partition coefficient (Wildman–Crippen LogP) is 3.56. The molecule has 24 heavy (non-hydrogen) atoms. The lowest BCUT2D eigenvalue weighted by atomic mass is 10.2. The van der Waals surface area contributed by atoms with Gasteiger partial charge < -0.3 is 10.1 Å². The molecule has 0 aliphatic carbocycles. The second-order valence-corrected chi connectivity index (χ2v) is 5.62. The number of benzene rings is 2. The Balaban J connectivity index is 1.80. The van der Waals surface area contributed by atoms with Gasteiger partial charge in [0.05, 0.1) is 6.21 Å². The molecule has 5 heteroatoms. The fourth-order valence-electron chi connectivity index (χ4n) is 1.87. The molecular weight excluding hydrogens is 318 g/mol. The smallest absolute Gasteiger partial charge is 0.187 e. The van der Waals surface area contributed by atoms with Gasteiger partial charge >= 0.3 is 0 Å². The molecule has 2 rings (SSSR count). The number of rotatable bonds is 7. The van der Waals surface area contributed by atoms with Crippen LogP contribution >= 0.6 is 12.2 Å². The summed E-state index contributed by atoms with van der Waals surface area (Å²) in [6.45, 7) is 6.84. The number of ether oxygens (including phenoxy) is 1. The lowest BCUT2D eigenvalue weighted by Crippen LogP contribution is -2.31. The van der Waals surface area contributed by atoms with Crippen LogP contribution in [0.3, 0.4) is 0 Å². The van der Waals surface area contributed by atoms with Gasteiger partial charge in [0.1, 0.15) is 12.4 Å². The normalized spacial score (nSPS) is 10.4. The Bertz CT molecular complexity index is 694. The molecule has 0 radical (unpaired) electrons. The van der Waals surface area contributed by atoms with Crippen molar-refractivity contribution >= 4 is 23.5 Å². The highest BCUT2D eigenvalue weighted by Gasteiger charge is 1.97. The molecule has 0 spiro atoms. The Morgan fingerprint density at radius 1 is 1.17 bits per heavy atom. The summed E-state index contributed by atoms with van der Waals surface area (Å²) in [7, 11) is 0. The minimum Gasteiger partial charge on any atom is -0.489 e. The van der Waals surface area contributed by atoms with E-state index in [0.29, 0.717) is 18.3 Å². The number of aryl methyl sites for hydroxylation is 1. The van der Waals surface area contributed by atoms with Crippen molar-refractivity contribution < 1.29 is 4.74 Å². The summed E-state index contributed by atoms with van der Waals surface area (Å²) in [5.74, 6) is 0.823. The highest BCUT2D eigenvalue weighted by atomic mass is 32.1. The summed E-state index contributed by atoms with van der Waals surface area (Å²) in [5, 5.41) is 7.47. The maximum absolute atomic E-state index is 5.77. The Labute approximate surface area is 148 Å². The number of hydrogen-bond donors (Lipinski definition) is 2. The number of hydrogen-bond acceptors (Lipinski definition) is 3. The zero-order valence-corrected chi connectivity index (χ0v) is 14.5. The van der Waals surface area contributed by atoms with E-state index >= 15 is 0 Å². The second-order valence-electron chi connectivity index (χ2n) is 5.21. The monoisotopic (exact) mass is 339 g/mol. The van der Waals surface area contributed by atoms with Crippen LogP contribution in [0.25, 0.3) is 0 Å². The summed E-state index contributed by atoms with van der Waals surface area (Å²) >= 11 is 5.04. The van der Waals surface area contributed by atoms with E-state index in [1.807, 2.05) is 24.3 Å². The minimum atomic E-state index is 0.462. The molecule has 124 valence electrons. The van der Waals surface area contributed by atoms with Gasteiger partial charge in [0, 0.05) is 6.54 Å². The van der Waals surface area contributed by atoms with Gasteiger partial charge in [-0.3, -0.25) is 5.43 Å². The maximum atomic E-state index is 5.77. The SMILES string of the molecule is C=CCNC(=S)N/N=C/c1ccc(OCc2ccc(C)cc2)cc1. The highest BCUT2D eigenvalue weighted by Crippen LogP contribution is 2.13. The fraction of sp³-hybridized carbons (Fsp3) is 0.158. The number of hydrazone groups is 1. The third kappa shape index (κ3) is 6.22. The molecular formula is C19H21N3OS. The zero-order chi connectivity index (χ0) is 17.2. The number of thiocarbonyl (C=S) groups is 1. The molecule has 0 bridgehead atoms. The molecule has 2 aromatic carbocycles. The summed E-state index contributed by atoms with van der Waals surface area (Å²) in [4.78, 5) is 0. The summed E-state index contributed by atoms with van der Waals surface area (Å²) in [5.41, 5.74) is 6.09. The first kappa shape index (κ1) is 17.7. The largest absolute Gasteiger partial charge is 0.489 e. The Morgan fingerprint density at radius 3 is 2.54 bits per heavy atom. The number of nitrogens with one attached hydrogen (secondary N) is 2. The van der Waals surface area contributed by atoms with Crippen LogP contribution in [0.15, 0.2) is 66.3 Å². The summed E-state index contributed by atoms with van der Waals surface area (Å²) < 4.78 is 5.77. The Kier molecular flexibility index (Phi) is 6.98. The van der Waals surface area contributed by atoms with Gasteiger partial charge in [-0.15, -0.1) is 6.58 Å². The van der Waals surface area contributed by atoms with E-state index in [0.717, 1.165) is 16.9 Å². The fourth-order valence-corrected chi connectivity index (χ4v) is 2.01. The van der Waals surface area contributed by atoms with Gasteiger partial charge in [-0.2, -0.15) is 5.10 Å². The first-order valence-corrected chi connectivity index (χ1v) is 8.04. The van der Waals surface area contributed by atoms with E-state index < -0.39 is 0 Å². The average molecular weight is 339 g/mol. The first-order chi connectivity index (χ1) is 11.7. The highest BCUT2D eigenvalue weighted by molar-refractivity contribution is 7.80. The van der Waals surface area contributed by atoms with E-state index in [1.165, 1.54) is 5.56 Å². The summed E-state index contributed by atoms with van der Waals surface area (Å²) in [6.07, 6.45) is 3.43. The van der Waals surface area contributed by atoms with Crippen molar-refractivity contribution in [2.45, 2.75) is 13.5 Å². The molecule has 0 amide bonds. The van der Waals surface area contributed by atoms with Gasteiger partial charge in [0.25, 0.3) is 0 Å². The first-order valence-electron chi connectivity index (χ1n) is 7.63. The van der Waals surface area contributed by atoms with Crippen molar-refractivity contribution in [2.24, 2.45) is 5.10 Å². The molecule has 0 atom stereocenters. The van der Waals surface area contributed by atoms with E-state index in [4.69, 9.17) is 17.0 Å². The predicted molar refractivity (Wildman–Crippen MR) is 103 cm³/mol. The van der Waals surface area contributed by atoms with Crippen LogP contribution in [-0.2, 0) is 6.61 Å². The topological polar surface area (TPSA) is 45.7 Å². The van der Waals surface area contributed by atoms with Gasteiger partial charge in [-0.25, -0.2) is 0 Å². The molecule has 0 aliphatic heterocycles. The molecule has 0 heterocycles.